The Bertz CT molecular complexity index is 881. The van der Waals surface area contributed by atoms with Gasteiger partial charge >= 0.3 is 6.09 Å². The molecule has 134 valence electrons. The van der Waals surface area contributed by atoms with Crippen LogP contribution in [-0.4, -0.2) is 25.2 Å². The Morgan fingerprint density at radius 1 is 1.19 bits per heavy atom. The molecule has 2 amide bonds. The smallest absolute Gasteiger partial charge is 0.414 e. The summed E-state index contributed by atoms with van der Waals surface area (Å²) in [6, 6.07) is 11.8. The Kier molecular flexibility index (Phi) is 4.19. The lowest BCUT2D eigenvalue weighted by molar-refractivity contribution is -0.118. The molecule has 5 nitrogen and oxygen atoms in total. The zero-order valence-electron chi connectivity index (χ0n) is 13.8. The van der Waals surface area contributed by atoms with E-state index in [1.54, 1.807) is 0 Å². The lowest BCUT2D eigenvalue weighted by Crippen LogP contribution is -2.28. The highest BCUT2D eigenvalue weighted by molar-refractivity contribution is 9.10. The molecular formula is C19H16BrFN2O3. The molecule has 0 radical (unpaired) electrons. The monoisotopic (exact) mass is 418 g/mol. The minimum absolute atomic E-state index is 0.0654. The van der Waals surface area contributed by atoms with Crippen molar-refractivity contribution in [2.24, 2.45) is 0 Å². The van der Waals surface area contributed by atoms with Crippen LogP contribution < -0.4 is 10.2 Å². The van der Waals surface area contributed by atoms with Crippen molar-refractivity contribution in [2.45, 2.75) is 18.3 Å². The van der Waals surface area contributed by atoms with E-state index in [0.29, 0.717) is 18.8 Å². The van der Waals surface area contributed by atoms with E-state index >= 15 is 0 Å². The molecule has 1 saturated carbocycles. The maximum absolute atomic E-state index is 14.2. The number of amides is 2. The van der Waals surface area contributed by atoms with Gasteiger partial charge < -0.3 is 10.1 Å². The molecule has 2 aromatic rings. The molecule has 1 aliphatic carbocycles. The van der Waals surface area contributed by atoms with Crippen LogP contribution in [0, 0.1) is 5.82 Å². The Hall–Kier alpha value is -2.41. The summed E-state index contributed by atoms with van der Waals surface area (Å²) < 4.78 is 20.1. The van der Waals surface area contributed by atoms with Crippen LogP contribution >= 0.6 is 15.9 Å². The van der Waals surface area contributed by atoms with Gasteiger partial charge in [-0.2, -0.15) is 0 Å². The van der Waals surface area contributed by atoms with Gasteiger partial charge in [0.15, 0.2) is 0 Å². The van der Waals surface area contributed by atoms with E-state index in [0.717, 1.165) is 22.9 Å². The quantitative estimate of drug-likeness (QED) is 0.808. The first kappa shape index (κ1) is 17.0. The van der Waals surface area contributed by atoms with E-state index in [9.17, 15) is 14.0 Å². The summed E-state index contributed by atoms with van der Waals surface area (Å²) in [6.07, 6.45) is 0.975. The molecule has 2 fully saturated rings. The number of hydrogen-bond acceptors (Lipinski definition) is 3. The highest BCUT2D eigenvalue weighted by atomic mass is 79.9. The Morgan fingerprint density at radius 2 is 1.92 bits per heavy atom. The van der Waals surface area contributed by atoms with Crippen molar-refractivity contribution in [2.75, 3.05) is 23.4 Å². The fourth-order valence-corrected chi connectivity index (χ4v) is 3.45. The molecule has 2 aromatic carbocycles. The molecule has 0 atom stereocenters. The summed E-state index contributed by atoms with van der Waals surface area (Å²) in [5.41, 5.74) is 0.863. The van der Waals surface area contributed by atoms with Gasteiger partial charge in [-0.3, -0.25) is 9.69 Å². The maximum Gasteiger partial charge on any atom is 0.414 e. The van der Waals surface area contributed by atoms with Crippen LogP contribution in [0.4, 0.5) is 20.6 Å². The molecule has 1 saturated heterocycles. The molecule has 0 aromatic heterocycles. The van der Waals surface area contributed by atoms with Gasteiger partial charge in [0.05, 0.1) is 17.6 Å². The third-order valence-corrected chi connectivity index (χ3v) is 5.38. The van der Waals surface area contributed by atoms with Crippen LogP contribution in [0.2, 0.25) is 0 Å². The lowest BCUT2D eigenvalue weighted by Gasteiger charge is -2.18. The van der Waals surface area contributed by atoms with E-state index < -0.39 is 17.3 Å². The molecule has 1 aliphatic heterocycles. The zero-order chi connectivity index (χ0) is 18.3. The summed E-state index contributed by atoms with van der Waals surface area (Å²) in [4.78, 5) is 25.9. The largest absolute Gasteiger partial charge is 0.447 e. The normalized spacial score (nSPS) is 17.8. The summed E-state index contributed by atoms with van der Waals surface area (Å²) in [7, 11) is 0. The van der Waals surface area contributed by atoms with Crippen molar-refractivity contribution >= 4 is 39.3 Å². The Labute approximate surface area is 158 Å². The van der Waals surface area contributed by atoms with Crippen LogP contribution in [0.15, 0.2) is 46.9 Å². The van der Waals surface area contributed by atoms with Crippen molar-refractivity contribution in [3.8, 4) is 0 Å². The first-order valence-electron chi connectivity index (χ1n) is 8.31. The van der Waals surface area contributed by atoms with Gasteiger partial charge in [-0.05, 0) is 48.7 Å². The van der Waals surface area contributed by atoms with Crippen LogP contribution in [-0.2, 0) is 14.9 Å². The predicted octanol–water partition coefficient (Wildman–Crippen LogP) is 4.22. The zero-order valence-corrected chi connectivity index (χ0v) is 15.4. The van der Waals surface area contributed by atoms with E-state index in [4.69, 9.17) is 4.74 Å². The van der Waals surface area contributed by atoms with Crippen LogP contribution in [0.3, 0.4) is 0 Å². The molecule has 0 bridgehead atoms. The molecule has 1 N–H and O–H groups in total. The van der Waals surface area contributed by atoms with E-state index in [1.165, 1.54) is 23.1 Å². The molecule has 1 heterocycles. The van der Waals surface area contributed by atoms with Gasteiger partial charge in [0.1, 0.15) is 12.4 Å². The molecular weight excluding hydrogens is 403 g/mol. The van der Waals surface area contributed by atoms with Crippen molar-refractivity contribution < 1.29 is 18.7 Å². The number of rotatable bonds is 4. The van der Waals surface area contributed by atoms with Crippen molar-refractivity contribution in [1.29, 1.82) is 0 Å². The molecule has 0 spiro atoms. The highest BCUT2D eigenvalue weighted by Gasteiger charge is 2.51. The molecule has 2 aliphatic rings. The molecule has 26 heavy (non-hydrogen) atoms. The van der Waals surface area contributed by atoms with E-state index in [2.05, 4.69) is 21.2 Å². The van der Waals surface area contributed by atoms with Gasteiger partial charge in [0.2, 0.25) is 5.91 Å². The number of hydrogen-bond donors (Lipinski definition) is 1. The van der Waals surface area contributed by atoms with Crippen molar-refractivity contribution in [3.05, 3.63) is 58.3 Å². The fourth-order valence-electron chi connectivity index (χ4n) is 3.19. The number of anilines is 2. The minimum Gasteiger partial charge on any atom is -0.447 e. The van der Waals surface area contributed by atoms with E-state index in [1.807, 2.05) is 24.3 Å². The second-order valence-electron chi connectivity index (χ2n) is 6.47. The average Bonchev–Trinajstić information content (AvgIpc) is 3.33. The first-order valence-corrected chi connectivity index (χ1v) is 9.10. The number of cyclic esters (lactones) is 1. The average molecular weight is 419 g/mol. The number of benzene rings is 2. The number of nitrogens with zero attached hydrogens (tertiary/aromatic N) is 1. The number of ether oxygens (including phenoxy) is 1. The van der Waals surface area contributed by atoms with Gasteiger partial charge in [-0.1, -0.05) is 28.1 Å². The van der Waals surface area contributed by atoms with Crippen LogP contribution in [0.1, 0.15) is 18.4 Å². The number of halogens is 2. The second kappa shape index (κ2) is 6.39. The summed E-state index contributed by atoms with van der Waals surface area (Å²) in [5.74, 6) is -0.777. The van der Waals surface area contributed by atoms with Gasteiger partial charge in [-0.15, -0.1) is 0 Å². The SMILES string of the molecule is O=C1OCCN1c1ccc(F)c(NC(=O)C2(c3ccc(Br)cc3)CC2)c1. The molecule has 0 unspecified atom stereocenters. The summed E-state index contributed by atoms with van der Waals surface area (Å²) in [5, 5.41) is 2.70. The fraction of sp³-hybridized carbons (Fsp3) is 0.263. The van der Waals surface area contributed by atoms with Crippen LogP contribution in [0.25, 0.3) is 0 Å². The van der Waals surface area contributed by atoms with Gasteiger partial charge in [0, 0.05) is 10.2 Å². The number of nitrogens with one attached hydrogen (secondary N) is 1. The Morgan fingerprint density at radius 3 is 2.54 bits per heavy atom. The Balaban J connectivity index is 1.58. The first-order chi connectivity index (χ1) is 12.5. The van der Waals surface area contributed by atoms with Crippen LogP contribution in [0.5, 0.6) is 0 Å². The number of carbonyl (C=O) groups is 2. The number of carbonyl (C=O) groups excluding carboxylic acids is 2. The summed E-state index contributed by atoms with van der Waals surface area (Å²) >= 11 is 3.39. The topological polar surface area (TPSA) is 58.6 Å². The predicted molar refractivity (Wildman–Crippen MR) is 98.8 cm³/mol. The summed E-state index contributed by atoms with van der Waals surface area (Å²) in [6.45, 7) is 0.700. The van der Waals surface area contributed by atoms with Crippen molar-refractivity contribution in [3.63, 3.8) is 0 Å². The van der Waals surface area contributed by atoms with Crippen molar-refractivity contribution in [1.82, 2.24) is 0 Å². The second-order valence-corrected chi connectivity index (χ2v) is 7.39. The van der Waals surface area contributed by atoms with E-state index in [-0.39, 0.29) is 11.6 Å². The maximum atomic E-state index is 14.2. The third-order valence-electron chi connectivity index (χ3n) is 4.85. The van der Waals surface area contributed by atoms with Gasteiger partial charge in [0.25, 0.3) is 0 Å². The minimum atomic E-state index is -0.615. The standard InChI is InChI=1S/C19H16BrFN2O3/c20-13-3-1-12(2-4-13)19(7-8-19)17(24)22-16-11-14(5-6-15(16)21)23-9-10-26-18(23)25/h1-6,11H,7-10H2,(H,22,24). The molecule has 7 heteroatoms. The molecule has 4 rings (SSSR count). The van der Waals surface area contributed by atoms with Gasteiger partial charge in [-0.25, -0.2) is 9.18 Å². The lowest BCUT2D eigenvalue weighted by atomic mass is 9.95. The highest BCUT2D eigenvalue weighted by Crippen LogP contribution is 2.49. The third kappa shape index (κ3) is 2.96.